The molecular formula is C39H42O5S2. The smallest absolute Gasteiger partial charge is 0.155 e. The van der Waals surface area contributed by atoms with Crippen molar-refractivity contribution in [3.8, 4) is 0 Å². The first kappa shape index (κ1) is 32.9. The molecule has 240 valence electrons. The molecule has 2 aliphatic heterocycles. The lowest BCUT2D eigenvalue weighted by Crippen LogP contribution is -2.54. The molecule has 0 spiro atoms. The van der Waals surface area contributed by atoms with Gasteiger partial charge < -0.3 is 23.7 Å². The Morgan fingerprint density at radius 2 is 1.11 bits per heavy atom. The number of benzene rings is 4. The van der Waals surface area contributed by atoms with E-state index in [4.69, 9.17) is 23.7 Å². The van der Waals surface area contributed by atoms with Crippen molar-refractivity contribution in [2.75, 3.05) is 18.1 Å². The summed E-state index contributed by atoms with van der Waals surface area (Å²) in [5.41, 5.74) is 4.45. The van der Waals surface area contributed by atoms with Crippen LogP contribution in [0.2, 0.25) is 0 Å². The minimum Gasteiger partial charge on any atom is -0.487 e. The molecule has 2 fully saturated rings. The molecule has 0 amide bonds. The molecule has 4 atom stereocenters. The molecule has 0 N–H and O–H groups in total. The SMILES string of the molecule is c1ccc(COC[C@@H](OCc2ccccc2)[C@H]2OC(=C3SCCCS3)C[C@@H](OCc3ccccc3)[C@H]2OCc2ccccc2)cc1. The predicted octanol–water partition coefficient (Wildman–Crippen LogP) is 8.79. The van der Waals surface area contributed by atoms with E-state index in [1.807, 2.05) is 84.2 Å². The lowest BCUT2D eigenvalue weighted by atomic mass is 9.96. The van der Waals surface area contributed by atoms with Gasteiger partial charge in [-0.05, 0) is 40.2 Å². The normalized spacial score (nSPS) is 20.7. The first-order chi connectivity index (χ1) is 22.8. The maximum atomic E-state index is 6.99. The van der Waals surface area contributed by atoms with E-state index in [1.54, 1.807) is 0 Å². The zero-order valence-corrected chi connectivity index (χ0v) is 27.7. The molecule has 2 aliphatic rings. The monoisotopic (exact) mass is 654 g/mol. The number of thioether (sulfide) groups is 2. The summed E-state index contributed by atoms with van der Waals surface area (Å²) in [6.45, 7) is 2.22. The van der Waals surface area contributed by atoms with Crippen molar-refractivity contribution in [1.29, 1.82) is 0 Å². The largest absolute Gasteiger partial charge is 0.487 e. The summed E-state index contributed by atoms with van der Waals surface area (Å²) in [7, 11) is 0. The number of hydrogen-bond donors (Lipinski definition) is 0. The molecule has 0 aliphatic carbocycles. The highest BCUT2D eigenvalue weighted by Crippen LogP contribution is 2.43. The fourth-order valence-corrected chi connectivity index (χ4v) is 8.13. The second kappa shape index (κ2) is 17.8. The van der Waals surface area contributed by atoms with Crippen LogP contribution < -0.4 is 0 Å². The highest BCUT2D eigenvalue weighted by molar-refractivity contribution is 8.22. The zero-order valence-electron chi connectivity index (χ0n) is 26.1. The number of ether oxygens (including phenoxy) is 5. The van der Waals surface area contributed by atoms with Crippen LogP contribution >= 0.6 is 23.5 Å². The van der Waals surface area contributed by atoms with Gasteiger partial charge in [0.05, 0.1) is 43.4 Å². The molecule has 0 saturated carbocycles. The van der Waals surface area contributed by atoms with E-state index in [-0.39, 0.29) is 12.2 Å². The second-order valence-corrected chi connectivity index (χ2v) is 13.9. The molecule has 46 heavy (non-hydrogen) atoms. The van der Waals surface area contributed by atoms with E-state index in [0.717, 1.165) is 39.5 Å². The summed E-state index contributed by atoms with van der Waals surface area (Å²) < 4.78 is 34.9. The summed E-state index contributed by atoms with van der Waals surface area (Å²) >= 11 is 3.77. The van der Waals surface area contributed by atoms with E-state index in [9.17, 15) is 0 Å². The molecule has 6 rings (SSSR count). The Morgan fingerprint density at radius 1 is 0.609 bits per heavy atom. The zero-order chi connectivity index (χ0) is 31.2. The summed E-state index contributed by atoms with van der Waals surface area (Å²) in [4.78, 5) is 0. The van der Waals surface area contributed by atoms with Gasteiger partial charge in [-0.15, -0.1) is 23.5 Å². The molecule has 7 heteroatoms. The van der Waals surface area contributed by atoms with E-state index < -0.39 is 12.2 Å². The van der Waals surface area contributed by atoms with Crippen LogP contribution in [-0.4, -0.2) is 42.5 Å². The van der Waals surface area contributed by atoms with Crippen molar-refractivity contribution in [1.82, 2.24) is 0 Å². The third kappa shape index (κ3) is 9.74. The van der Waals surface area contributed by atoms with Gasteiger partial charge in [-0.25, -0.2) is 0 Å². The fourth-order valence-electron chi connectivity index (χ4n) is 5.58. The molecule has 0 radical (unpaired) electrons. The van der Waals surface area contributed by atoms with Crippen LogP contribution in [0.4, 0.5) is 0 Å². The third-order valence-corrected chi connectivity index (χ3v) is 10.7. The van der Waals surface area contributed by atoms with Crippen LogP contribution in [0.1, 0.15) is 35.1 Å². The molecule has 0 aromatic heterocycles. The molecule has 4 aromatic carbocycles. The third-order valence-electron chi connectivity index (χ3n) is 8.00. The van der Waals surface area contributed by atoms with Crippen LogP contribution in [0.15, 0.2) is 131 Å². The van der Waals surface area contributed by atoms with Gasteiger partial charge in [-0.3, -0.25) is 0 Å². The van der Waals surface area contributed by atoms with E-state index in [2.05, 4.69) is 60.7 Å². The second-order valence-electron chi connectivity index (χ2n) is 11.5. The Morgan fingerprint density at radius 3 is 1.67 bits per heavy atom. The molecule has 0 unspecified atom stereocenters. The van der Waals surface area contributed by atoms with Gasteiger partial charge in [0, 0.05) is 6.42 Å². The first-order valence-electron chi connectivity index (χ1n) is 16.1. The van der Waals surface area contributed by atoms with Gasteiger partial charge >= 0.3 is 0 Å². The summed E-state index contributed by atoms with van der Waals surface area (Å²) in [5, 5.41) is 0. The number of hydrogen-bond acceptors (Lipinski definition) is 7. The number of rotatable bonds is 14. The van der Waals surface area contributed by atoms with Gasteiger partial charge in [0.1, 0.15) is 18.0 Å². The maximum absolute atomic E-state index is 6.99. The van der Waals surface area contributed by atoms with Crippen LogP contribution in [-0.2, 0) is 50.1 Å². The molecule has 5 nitrogen and oxygen atoms in total. The lowest BCUT2D eigenvalue weighted by Gasteiger charge is -2.43. The van der Waals surface area contributed by atoms with E-state index in [0.29, 0.717) is 39.5 Å². The molecular weight excluding hydrogens is 613 g/mol. The van der Waals surface area contributed by atoms with Crippen LogP contribution in [0.25, 0.3) is 0 Å². The Balaban J connectivity index is 1.30. The van der Waals surface area contributed by atoms with E-state index >= 15 is 0 Å². The van der Waals surface area contributed by atoms with Crippen LogP contribution in [0.3, 0.4) is 0 Å². The molecule has 4 aromatic rings. The fraction of sp³-hybridized carbons (Fsp3) is 0.333. The molecule has 0 bridgehead atoms. The highest BCUT2D eigenvalue weighted by atomic mass is 32.2. The first-order valence-corrected chi connectivity index (χ1v) is 18.0. The predicted molar refractivity (Wildman–Crippen MR) is 187 cm³/mol. The Labute approximate surface area is 281 Å². The van der Waals surface area contributed by atoms with Crippen molar-refractivity contribution in [2.45, 2.75) is 63.7 Å². The van der Waals surface area contributed by atoms with Crippen molar-refractivity contribution in [3.63, 3.8) is 0 Å². The van der Waals surface area contributed by atoms with Gasteiger partial charge in [0.25, 0.3) is 0 Å². The summed E-state index contributed by atoms with van der Waals surface area (Å²) in [6, 6.07) is 41.1. The minimum atomic E-state index is -0.441. The average molecular weight is 655 g/mol. The topological polar surface area (TPSA) is 46.2 Å². The van der Waals surface area contributed by atoms with Crippen molar-refractivity contribution in [3.05, 3.63) is 154 Å². The molecule has 2 heterocycles. The van der Waals surface area contributed by atoms with Crippen molar-refractivity contribution < 1.29 is 23.7 Å². The van der Waals surface area contributed by atoms with E-state index in [1.165, 1.54) is 10.7 Å². The van der Waals surface area contributed by atoms with Gasteiger partial charge in [0.2, 0.25) is 0 Å². The Hall–Kier alpha value is -3.04. The Bertz CT molecular complexity index is 1460. The molecule has 2 saturated heterocycles. The van der Waals surface area contributed by atoms with Gasteiger partial charge in [-0.2, -0.15) is 0 Å². The summed E-state index contributed by atoms with van der Waals surface area (Å²) in [6.07, 6.45) is 0.389. The summed E-state index contributed by atoms with van der Waals surface area (Å²) in [5.74, 6) is 3.17. The van der Waals surface area contributed by atoms with Crippen LogP contribution in [0, 0.1) is 0 Å². The standard InChI is InChI=1S/C39H42O5S2/c1-5-14-30(15-6-1)25-40-29-36(42-27-32-18-9-3-10-19-32)38-37(43-28-33-20-11-4-12-21-33)34(41-26-31-16-7-2-8-17-31)24-35(44-38)39-45-22-13-23-46-39/h1-12,14-21,34,36-38H,13,22-29H2/t34-,36-,37-,38-/m1/s1. The van der Waals surface area contributed by atoms with Gasteiger partial charge in [0.15, 0.2) is 6.10 Å². The Kier molecular flexibility index (Phi) is 12.7. The minimum absolute atomic E-state index is 0.231. The van der Waals surface area contributed by atoms with Crippen LogP contribution in [0.5, 0.6) is 0 Å². The average Bonchev–Trinajstić information content (AvgIpc) is 3.13. The highest BCUT2D eigenvalue weighted by Gasteiger charge is 2.45. The lowest BCUT2D eigenvalue weighted by molar-refractivity contribution is -0.206. The van der Waals surface area contributed by atoms with Crippen molar-refractivity contribution in [2.24, 2.45) is 0 Å². The quantitative estimate of drug-likeness (QED) is 0.135. The van der Waals surface area contributed by atoms with Crippen molar-refractivity contribution >= 4 is 23.5 Å². The van der Waals surface area contributed by atoms with Gasteiger partial charge in [-0.1, -0.05) is 121 Å². The maximum Gasteiger partial charge on any atom is 0.155 e.